The molecule has 1 radical (unpaired) electrons. The van der Waals surface area contributed by atoms with Crippen LogP contribution in [0, 0.1) is 6.10 Å². The summed E-state index contributed by atoms with van der Waals surface area (Å²) < 4.78 is 5.06. The van der Waals surface area contributed by atoms with Gasteiger partial charge in [-0.3, -0.25) is 0 Å². The molecule has 0 amide bonds. The van der Waals surface area contributed by atoms with Crippen LogP contribution in [0.4, 0.5) is 0 Å². The van der Waals surface area contributed by atoms with Crippen LogP contribution >= 0.6 is 0 Å². The first-order valence-electron chi connectivity index (χ1n) is 5.07. The summed E-state index contributed by atoms with van der Waals surface area (Å²) >= 11 is 0. The van der Waals surface area contributed by atoms with Crippen LogP contribution in [0.15, 0.2) is 54.6 Å². The number of benzene rings is 2. The van der Waals surface area contributed by atoms with Gasteiger partial charge in [-0.15, -0.1) is 0 Å². The molecule has 0 atom stereocenters. The molecule has 0 fully saturated rings. The number of hydrogen-bond acceptors (Lipinski definition) is 2. The van der Waals surface area contributed by atoms with Crippen molar-refractivity contribution in [2.45, 2.75) is 0 Å². The smallest absolute Gasteiger partial charge is 0.152 e. The van der Waals surface area contributed by atoms with Crippen molar-refractivity contribution in [3.05, 3.63) is 71.8 Å². The van der Waals surface area contributed by atoms with Gasteiger partial charge in [-0.1, -0.05) is 42.5 Å². The second-order valence-electron chi connectivity index (χ2n) is 3.44. The number of rotatable bonds is 3. The Labute approximate surface area is 95.1 Å². The lowest BCUT2D eigenvalue weighted by Crippen LogP contribution is -2.00. The Morgan fingerprint density at radius 3 is 2.00 bits per heavy atom. The van der Waals surface area contributed by atoms with Crippen molar-refractivity contribution in [1.29, 1.82) is 0 Å². The predicted octanol–water partition coefficient (Wildman–Crippen LogP) is 3.00. The van der Waals surface area contributed by atoms with Crippen LogP contribution in [0.25, 0.3) is 0 Å². The van der Waals surface area contributed by atoms with Gasteiger partial charge in [0.15, 0.2) is 6.10 Å². The average molecular weight is 213 g/mol. The first-order valence-corrected chi connectivity index (χ1v) is 5.07. The van der Waals surface area contributed by atoms with Crippen LogP contribution < -0.4 is 4.74 Å². The molecule has 2 rings (SSSR count). The molecule has 0 unspecified atom stereocenters. The summed E-state index contributed by atoms with van der Waals surface area (Å²) in [7, 11) is 1.62. The molecule has 16 heavy (non-hydrogen) atoms. The summed E-state index contributed by atoms with van der Waals surface area (Å²) in [6.45, 7) is 0. The van der Waals surface area contributed by atoms with E-state index in [4.69, 9.17) is 4.74 Å². The number of hydrogen-bond donors (Lipinski definition) is 1. The van der Waals surface area contributed by atoms with E-state index < -0.39 is 0 Å². The highest BCUT2D eigenvalue weighted by molar-refractivity contribution is 5.43. The highest BCUT2D eigenvalue weighted by atomic mass is 16.5. The van der Waals surface area contributed by atoms with E-state index in [1.165, 1.54) is 0 Å². The maximum atomic E-state index is 10.0. The van der Waals surface area contributed by atoms with Gasteiger partial charge in [0.2, 0.25) is 0 Å². The van der Waals surface area contributed by atoms with Gasteiger partial charge in [0.25, 0.3) is 0 Å². The zero-order chi connectivity index (χ0) is 11.4. The quantitative estimate of drug-likeness (QED) is 0.849. The summed E-state index contributed by atoms with van der Waals surface area (Å²) in [5.74, 6) is 0.782. The van der Waals surface area contributed by atoms with Gasteiger partial charge in [0.05, 0.1) is 7.11 Å². The zero-order valence-electron chi connectivity index (χ0n) is 9.05. The highest BCUT2D eigenvalue weighted by Crippen LogP contribution is 2.22. The van der Waals surface area contributed by atoms with Crippen LogP contribution in [0.2, 0.25) is 0 Å². The highest BCUT2D eigenvalue weighted by Gasteiger charge is 2.10. The summed E-state index contributed by atoms with van der Waals surface area (Å²) in [6.07, 6.45) is 0.281. The molecule has 0 bridgehead atoms. The van der Waals surface area contributed by atoms with E-state index in [1.807, 2.05) is 54.6 Å². The van der Waals surface area contributed by atoms with Gasteiger partial charge in [-0.2, -0.15) is 0 Å². The Kier molecular flexibility index (Phi) is 3.22. The molecule has 0 heterocycles. The lowest BCUT2D eigenvalue weighted by atomic mass is 10.0. The third-order valence-corrected chi connectivity index (χ3v) is 2.41. The van der Waals surface area contributed by atoms with E-state index >= 15 is 0 Å². The van der Waals surface area contributed by atoms with Crippen molar-refractivity contribution >= 4 is 0 Å². The summed E-state index contributed by atoms with van der Waals surface area (Å²) in [4.78, 5) is 0. The van der Waals surface area contributed by atoms with E-state index in [1.54, 1.807) is 7.11 Å². The van der Waals surface area contributed by atoms with Crippen molar-refractivity contribution in [2.75, 3.05) is 7.11 Å². The fourth-order valence-corrected chi connectivity index (χ4v) is 1.51. The molecule has 0 aromatic heterocycles. The third kappa shape index (κ3) is 2.23. The van der Waals surface area contributed by atoms with Crippen LogP contribution in [0.5, 0.6) is 5.75 Å². The van der Waals surface area contributed by atoms with Crippen LogP contribution in [-0.2, 0) is 0 Å². The minimum absolute atomic E-state index is 0.281. The molecule has 0 aliphatic heterocycles. The molecule has 0 saturated heterocycles. The first kappa shape index (κ1) is 10.7. The van der Waals surface area contributed by atoms with Gasteiger partial charge in [-0.25, -0.2) is 0 Å². The molecule has 81 valence electrons. The van der Waals surface area contributed by atoms with E-state index in [2.05, 4.69) is 0 Å². The number of aliphatic hydroxyl groups is 1. The molecular formula is C14H13O2. The molecule has 0 saturated carbocycles. The molecule has 0 aliphatic rings. The average Bonchev–Trinajstić information content (AvgIpc) is 2.39. The minimum Gasteiger partial charge on any atom is -0.497 e. The van der Waals surface area contributed by atoms with E-state index in [-0.39, 0.29) is 6.10 Å². The van der Waals surface area contributed by atoms with Gasteiger partial charge in [-0.05, 0) is 23.3 Å². The number of ether oxygens (including phenoxy) is 1. The monoisotopic (exact) mass is 213 g/mol. The number of methoxy groups -OCH3 is 1. The Balaban J connectivity index is 2.24. The van der Waals surface area contributed by atoms with Gasteiger partial charge < -0.3 is 9.84 Å². The normalized spacial score (nSPS) is 10.4. The first-order chi connectivity index (χ1) is 7.81. The van der Waals surface area contributed by atoms with Gasteiger partial charge >= 0.3 is 0 Å². The molecular weight excluding hydrogens is 200 g/mol. The Morgan fingerprint density at radius 1 is 0.875 bits per heavy atom. The van der Waals surface area contributed by atoms with Crippen molar-refractivity contribution in [3.8, 4) is 5.75 Å². The molecule has 0 aliphatic carbocycles. The standard InChI is InChI=1S/C14H13O2/c1-16-13-9-7-12(8-10-13)14(15)11-5-3-2-4-6-11/h2-10,15H,1H3. The number of aliphatic hydroxyl groups excluding tert-OH is 1. The molecule has 1 N–H and O–H groups in total. The molecule has 2 nitrogen and oxygen atoms in total. The SMILES string of the molecule is COc1ccc([C](O)c2ccccc2)cc1. The molecule has 0 spiro atoms. The predicted molar refractivity (Wildman–Crippen MR) is 62.8 cm³/mol. The van der Waals surface area contributed by atoms with Gasteiger partial charge in [0, 0.05) is 0 Å². The Bertz CT molecular complexity index is 434. The maximum absolute atomic E-state index is 10.0. The van der Waals surface area contributed by atoms with Crippen LogP contribution in [0.1, 0.15) is 11.1 Å². The van der Waals surface area contributed by atoms with Crippen LogP contribution in [-0.4, -0.2) is 12.2 Å². The van der Waals surface area contributed by atoms with Crippen molar-refractivity contribution in [3.63, 3.8) is 0 Å². The Hall–Kier alpha value is -1.80. The zero-order valence-corrected chi connectivity index (χ0v) is 9.05. The third-order valence-electron chi connectivity index (χ3n) is 2.41. The van der Waals surface area contributed by atoms with E-state index in [0.29, 0.717) is 0 Å². The van der Waals surface area contributed by atoms with Crippen LogP contribution in [0.3, 0.4) is 0 Å². The molecule has 2 heteroatoms. The van der Waals surface area contributed by atoms with Crippen molar-refractivity contribution in [2.24, 2.45) is 0 Å². The lowest BCUT2D eigenvalue weighted by Gasteiger charge is -2.10. The molecule has 2 aromatic carbocycles. The second-order valence-corrected chi connectivity index (χ2v) is 3.44. The summed E-state index contributed by atoms with van der Waals surface area (Å²) in [6, 6.07) is 16.8. The van der Waals surface area contributed by atoms with Crippen molar-refractivity contribution < 1.29 is 9.84 Å². The largest absolute Gasteiger partial charge is 0.497 e. The van der Waals surface area contributed by atoms with Gasteiger partial charge in [0.1, 0.15) is 5.75 Å². The van der Waals surface area contributed by atoms with Crippen molar-refractivity contribution in [1.82, 2.24) is 0 Å². The Morgan fingerprint density at radius 2 is 1.44 bits per heavy atom. The topological polar surface area (TPSA) is 29.5 Å². The lowest BCUT2D eigenvalue weighted by molar-refractivity contribution is 0.356. The van der Waals surface area contributed by atoms with E-state index in [0.717, 1.165) is 16.9 Å². The fraction of sp³-hybridized carbons (Fsp3) is 0.0714. The van der Waals surface area contributed by atoms with E-state index in [9.17, 15) is 5.11 Å². The second kappa shape index (κ2) is 4.81. The maximum Gasteiger partial charge on any atom is 0.152 e. The molecule has 2 aromatic rings. The summed E-state index contributed by atoms with van der Waals surface area (Å²) in [5.41, 5.74) is 1.60. The fourth-order valence-electron chi connectivity index (χ4n) is 1.51. The summed E-state index contributed by atoms with van der Waals surface area (Å²) in [5, 5.41) is 10.0. The minimum atomic E-state index is 0.281.